The molecule has 112 valence electrons. The van der Waals surface area contributed by atoms with E-state index in [1.54, 1.807) is 14.2 Å². The van der Waals surface area contributed by atoms with Crippen LogP contribution in [0.3, 0.4) is 0 Å². The fourth-order valence-electron chi connectivity index (χ4n) is 1.71. The van der Waals surface area contributed by atoms with Gasteiger partial charge < -0.3 is 20.1 Å². The van der Waals surface area contributed by atoms with Gasteiger partial charge in [0.25, 0.3) is 0 Å². The molecule has 0 aliphatic rings. The van der Waals surface area contributed by atoms with Gasteiger partial charge in [-0.2, -0.15) is 0 Å². The van der Waals surface area contributed by atoms with Crippen molar-refractivity contribution >= 4 is 5.91 Å². The molecule has 1 aromatic rings. The van der Waals surface area contributed by atoms with Crippen molar-refractivity contribution in [2.24, 2.45) is 0 Å². The molecule has 0 radical (unpaired) electrons. The van der Waals surface area contributed by atoms with Gasteiger partial charge in [0, 0.05) is 51.0 Å². The number of hydrogen-bond donors (Lipinski definition) is 2. The molecule has 1 heterocycles. The molecule has 0 fully saturated rings. The second-order valence-electron chi connectivity index (χ2n) is 4.41. The first-order valence-corrected chi connectivity index (χ1v) is 6.63. The van der Waals surface area contributed by atoms with Gasteiger partial charge >= 0.3 is 0 Å². The van der Waals surface area contributed by atoms with Crippen molar-refractivity contribution < 1.29 is 14.3 Å². The van der Waals surface area contributed by atoms with Crippen molar-refractivity contribution in [1.82, 2.24) is 15.6 Å². The summed E-state index contributed by atoms with van der Waals surface area (Å²) in [7, 11) is 3.24. The number of pyridine rings is 1. The Kier molecular flexibility index (Phi) is 7.60. The highest BCUT2D eigenvalue weighted by molar-refractivity contribution is 5.75. The molecule has 0 unspecified atom stereocenters. The van der Waals surface area contributed by atoms with Crippen LogP contribution in [0.1, 0.15) is 17.8 Å². The second kappa shape index (κ2) is 9.28. The van der Waals surface area contributed by atoms with Crippen molar-refractivity contribution in [3.8, 4) is 5.75 Å². The van der Waals surface area contributed by atoms with Gasteiger partial charge in [0.15, 0.2) is 0 Å². The lowest BCUT2D eigenvalue weighted by Gasteiger charge is -2.08. The molecule has 6 nitrogen and oxygen atoms in total. The normalized spacial score (nSPS) is 10.3. The number of methoxy groups -OCH3 is 2. The fourth-order valence-corrected chi connectivity index (χ4v) is 1.71. The molecule has 1 aromatic heterocycles. The Bertz CT molecular complexity index is 424. The maximum atomic E-state index is 11.4. The SMILES string of the molecule is COCCNC(=O)CCNCc1cc(OC)cc(C)n1. The van der Waals surface area contributed by atoms with Crippen molar-refractivity contribution in [3.05, 3.63) is 23.5 Å². The van der Waals surface area contributed by atoms with Crippen LogP contribution < -0.4 is 15.4 Å². The van der Waals surface area contributed by atoms with Gasteiger partial charge in [-0.05, 0) is 6.92 Å². The van der Waals surface area contributed by atoms with Crippen LogP contribution in [0.15, 0.2) is 12.1 Å². The van der Waals surface area contributed by atoms with Crippen molar-refractivity contribution in [1.29, 1.82) is 0 Å². The van der Waals surface area contributed by atoms with Crippen LogP contribution in [-0.2, 0) is 16.1 Å². The second-order valence-corrected chi connectivity index (χ2v) is 4.41. The van der Waals surface area contributed by atoms with Gasteiger partial charge in [-0.25, -0.2) is 0 Å². The van der Waals surface area contributed by atoms with E-state index in [-0.39, 0.29) is 5.91 Å². The molecule has 0 atom stereocenters. The number of nitrogens with one attached hydrogen (secondary N) is 2. The standard InChI is InChI=1S/C14H23N3O3/c1-11-8-13(20-3)9-12(17-11)10-15-5-4-14(18)16-6-7-19-2/h8-9,15H,4-7,10H2,1-3H3,(H,16,18). The minimum absolute atomic E-state index is 0.0179. The van der Waals surface area contributed by atoms with Crippen molar-refractivity contribution in [3.63, 3.8) is 0 Å². The number of carbonyl (C=O) groups excluding carboxylic acids is 1. The fraction of sp³-hybridized carbons (Fsp3) is 0.571. The van der Waals surface area contributed by atoms with Gasteiger partial charge in [-0.3, -0.25) is 9.78 Å². The maximum Gasteiger partial charge on any atom is 0.221 e. The molecule has 0 aromatic carbocycles. The quantitative estimate of drug-likeness (QED) is 0.650. The van der Waals surface area contributed by atoms with E-state index in [1.807, 2.05) is 19.1 Å². The van der Waals surface area contributed by atoms with E-state index in [0.29, 0.717) is 32.7 Å². The van der Waals surface area contributed by atoms with E-state index < -0.39 is 0 Å². The minimum Gasteiger partial charge on any atom is -0.497 e. The Morgan fingerprint density at radius 2 is 2.10 bits per heavy atom. The van der Waals surface area contributed by atoms with Gasteiger partial charge in [-0.15, -0.1) is 0 Å². The lowest BCUT2D eigenvalue weighted by Crippen LogP contribution is -2.30. The first-order valence-electron chi connectivity index (χ1n) is 6.63. The summed E-state index contributed by atoms with van der Waals surface area (Å²) in [6.45, 7) is 4.23. The number of rotatable bonds is 9. The average molecular weight is 281 g/mol. The molecular weight excluding hydrogens is 258 g/mol. The molecule has 0 bridgehead atoms. The van der Waals surface area contributed by atoms with E-state index in [0.717, 1.165) is 17.1 Å². The maximum absolute atomic E-state index is 11.4. The predicted octanol–water partition coefficient (Wildman–Crippen LogP) is 0.641. The highest BCUT2D eigenvalue weighted by Crippen LogP contribution is 2.12. The molecule has 0 spiro atoms. The Balaban J connectivity index is 2.24. The zero-order valence-electron chi connectivity index (χ0n) is 12.4. The molecule has 0 aliphatic heterocycles. The summed E-state index contributed by atoms with van der Waals surface area (Å²) >= 11 is 0. The molecule has 1 amide bonds. The van der Waals surface area contributed by atoms with Crippen molar-refractivity contribution in [2.75, 3.05) is 33.9 Å². The molecule has 1 rings (SSSR count). The highest BCUT2D eigenvalue weighted by atomic mass is 16.5. The van der Waals surface area contributed by atoms with E-state index in [9.17, 15) is 4.79 Å². The number of carbonyl (C=O) groups is 1. The summed E-state index contributed by atoms with van der Waals surface area (Å²) in [5.41, 5.74) is 1.82. The number of amides is 1. The number of aryl methyl sites for hydroxylation is 1. The van der Waals surface area contributed by atoms with Crippen LogP contribution >= 0.6 is 0 Å². The summed E-state index contributed by atoms with van der Waals surface area (Å²) in [5, 5.41) is 5.96. The van der Waals surface area contributed by atoms with Crippen LogP contribution in [0.4, 0.5) is 0 Å². The van der Waals surface area contributed by atoms with E-state index in [4.69, 9.17) is 9.47 Å². The lowest BCUT2D eigenvalue weighted by molar-refractivity contribution is -0.121. The van der Waals surface area contributed by atoms with Gasteiger partial charge in [0.2, 0.25) is 5.91 Å². The van der Waals surface area contributed by atoms with Crippen LogP contribution in [0.5, 0.6) is 5.75 Å². The Labute approximate surface area is 119 Å². The summed E-state index contributed by atoms with van der Waals surface area (Å²) in [6.07, 6.45) is 0.437. The molecule has 0 saturated carbocycles. The smallest absolute Gasteiger partial charge is 0.221 e. The monoisotopic (exact) mass is 281 g/mol. The van der Waals surface area contributed by atoms with Crippen LogP contribution in [0, 0.1) is 6.92 Å². The third kappa shape index (κ3) is 6.49. The zero-order valence-corrected chi connectivity index (χ0v) is 12.4. The highest BCUT2D eigenvalue weighted by Gasteiger charge is 2.02. The number of hydrogen-bond acceptors (Lipinski definition) is 5. The van der Waals surface area contributed by atoms with Crippen LogP contribution in [0.2, 0.25) is 0 Å². The largest absolute Gasteiger partial charge is 0.497 e. The topological polar surface area (TPSA) is 72.5 Å². The Hall–Kier alpha value is -1.66. The predicted molar refractivity (Wildman–Crippen MR) is 76.7 cm³/mol. The first-order chi connectivity index (χ1) is 9.65. The summed E-state index contributed by atoms with van der Waals surface area (Å²) in [5.74, 6) is 0.816. The lowest BCUT2D eigenvalue weighted by atomic mass is 10.3. The third-order valence-corrected chi connectivity index (χ3v) is 2.68. The van der Waals surface area contributed by atoms with Gasteiger partial charge in [0.05, 0.1) is 19.4 Å². The van der Waals surface area contributed by atoms with E-state index in [1.165, 1.54) is 0 Å². The molecule has 0 saturated heterocycles. The third-order valence-electron chi connectivity index (χ3n) is 2.68. The van der Waals surface area contributed by atoms with E-state index in [2.05, 4.69) is 15.6 Å². The summed E-state index contributed by atoms with van der Waals surface area (Å²) in [4.78, 5) is 15.8. The average Bonchev–Trinajstić information content (AvgIpc) is 2.43. The van der Waals surface area contributed by atoms with Crippen LogP contribution in [-0.4, -0.2) is 44.8 Å². The summed E-state index contributed by atoms with van der Waals surface area (Å²) in [6, 6.07) is 3.77. The molecule has 20 heavy (non-hydrogen) atoms. The number of nitrogens with zero attached hydrogens (tertiary/aromatic N) is 1. The Morgan fingerprint density at radius 1 is 1.30 bits per heavy atom. The number of aromatic nitrogens is 1. The van der Waals surface area contributed by atoms with E-state index >= 15 is 0 Å². The van der Waals surface area contributed by atoms with Crippen LogP contribution in [0.25, 0.3) is 0 Å². The van der Waals surface area contributed by atoms with Crippen molar-refractivity contribution in [2.45, 2.75) is 19.9 Å². The molecule has 6 heteroatoms. The molecular formula is C14H23N3O3. The zero-order chi connectivity index (χ0) is 14.8. The number of ether oxygens (including phenoxy) is 2. The van der Waals surface area contributed by atoms with Gasteiger partial charge in [0.1, 0.15) is 5.75 Å². The van der Waals surface area contributed by atoms with Gasteiger partial charge in [-0.1, -0.05) is 0 Å². The molecule has 0 aliphatic carbocycles. The Morgan fingerprint density at radius 3 is 2.80 bits per heavy atom. The first kappa shape index (κ1) is 16.4. The minimum atomic E-state index is 0.0179. The summed E-state index contributed by atoms with van der Waals surface area (Å²) < 4.78 is 10.0. The molecule has 2 N–H and O–H groups in total.